The quantitative estimate of drug-likeness (QED) is 0.430. The van der Waals surface area contributed by atoms with Gasteiger partial charge in [-0.15, -0.1) is 0 Å². The number of rotatable bonds is 2. The number of nitrogen functional groups attached to an aromatic ring is 2. The summed E-state index contributed by atoms with van der Waals surface area (Å²) in [6, 6.07) is 16.4. The minimum absolute atomic E-state index is 0.333. The number of benzene rings is 3. The Morgan fingerprint density at radius 3 is 2.41 bits per heavy atom. The number of hydrogen-bond acceptors (Lipinski definition) is 4. The zero-order chi connectivity index (χ0) is 15.7. The summed E-state index contributed by atoms with van der Waals surface area (Å²) in [5.74, 6) is -0.168. The lowest BCUT2D eigenvalue weighted by atomic mass is 9.98. The normalized spacial score (nSPS) is 10.6. The van der Waals surface area contributed by atoms with Gasteiger partial charge in [0.15, 0.2) is 5.75 Å². The highest BCUT2D eigenvalue weighted by Gasteiger charge is 2.18. The first-order valence-electron chi connectivity index (χ1n) is 6.92. The smallest absolute Gasteiger partial charge is 0.346 e. The van der Waals surface area contributed by atoms with E-state index in [4.69, 9.17) is 16.2 Å². The van der Waals surface area contributed by atoms with Crippen molar-refractivity contribution in [3.63, 3.8) is 0 Å². The zero-order valence-corrected chi connectivity index (χ0v) is 12.2. The molecule has 110 valence electrons. The van der Waals surface area contributed by atoms with Crippen LogP contribution in [0.2, 0.25) is 0 Å². The first-order valence-corrected chi connectivity index (χ1v) is 6.92. The van der Waals surface area contributed by atoms with E-state index >= 15 is 0 Å². The summed E-state index contributed by atoms with van der Waals surface area (Å²) < 4.78 is 5.40. The third-order valence-electron chi connectivity index (χ3n) is 3.67. The molecule has 0 unspecified atom stereocenters. The Morgan fingerprint density at radius 1 is 0.955 bits per heavy atom. The Labute approximate surface area is 128 Å². The van der Waals surface area contributed by atoms with E-state index in [2.05, 4.69) is 0 Å². The van der Waals surface area contributed by atoms with Crippen LogP contribution in [0.3, 0.4) is 0 Å². The molecule has 3 aromatic rings. The number of nitrogens with two attached hydrogens (primary N) is 2. The maximum absolute atomic E-state index is 12.5. The van der Waals surface area contributed by atoms with Crippen molar-refractivity contribution in [2.75, 3.05) is 11.5 Å². The predicted molar refractivity (Wildman–Crippen MR) is 88.9 cm³/mol. The van der Waals surface area contributed by atoms with Crippen LogP contribution >= 0.6 is 0 Å². The Morgan fingerprint density at radius 2 is 1.64 bits per heavy atom. The van der Waals surface area contributed by atoms with Gasteiger partial charge >= 0.3 is 5.97 Å². The van der Waals surface area contributed by atoms with Gasteiger partial charge in [0.1, 0.15) is 0 Å². The highest BCUT2D eigenvalue weighted by molar-refractivity contribution is 6.05. The molecule has 22 heavy (non-hydrogen) atoms. The van der Waals surface area contributed by atoms with Crippen LogP contribution in [0.5, 0.6) is 5.75 Å². The van der Waals surface area contributed by atoms with Crippen molar-refractivity contribution in [3.8, 4) is 5.75 Å². The van der Waals surface area contributed by atoms with Gasteiger partial charge < -0.3 is 16.2 Å². The molecular formula is C18H16N2O2. The molecule has 0 aliphatic heterocycles. The van der Waals surface area contributed by atoms with Gasteiger partial charge in [-0.3, -0.25) is 0 Å². The molecule has 0 atom stereocenters. The van der Waals surface area contributed by atoms with Crippen molar-refractivity contribution in [2.45, 2.75) is 6.92 Å². The molecule has 0 aliphatic carbocycles. The number of anilines is 2. The molecule has 0 radical (unpaired) electrons. The van der Waals surface area contributed by atoms with E-state index in [0.29, 0.717) is 22.7 Å². The summed E-state index contributed by atoms with van der Waals surface area (Å²) in [6.45, 7) is 1.86. The zero-order valence-electron chi connectivity index (χ0n) is 12.2. The monoisotopic (exact) mass is 292 g/mol. The van der Waals surface area contributed by atoms with Crippen LogP contribution in [0, 0.1) is 6.92 Å². The number of aryl methyl sites for hydroxylation is 1. The molecule has 0 heterocycles. The molecule has 4 heteroatoms. The largest absolute Gasteiger partial charge is 0.421 e. The molecule has 0 bridgehead atoms. The third kappa shape index (κ3) is 2.35. The maximum Gasteiger partial charge on any atom is 0.346 e. The maximum atomic E-state index is 12.5. The molecule has 4 nitrogen and oxygen atoms in total. The van der Waals surface area contributed by atoms with Gasteiger partial charge in [0.25, 0.3) is 0 Å². The average Bonchev–Trinajstić information content (AvgIpc) is 2.49. The summed E-state index contributed by atoms with van der Waals surface area (Å²) in [5.41, 5.74) is 13.8. The lowest BCUT2D eigenvalue weighted by molar-refractivity contribution is 0.0736. The number of hydrogen-bond donors (Lipinski definition) is 2. The van der Waals surface area contributed by atoms with Crippen LogP contribution in [-0.4, -0.2) is 5.97 Å². The van der Waals surface area contributed by atoms with Crippen LogP contribution in [-0.2, 0) is 0 Å². The van der Waals surface area contributed by atoms with E-state index in [1.54, 1.807) is 30.3 Å². The van der Waals surface area contributed by atoms with Crippen LogP contribution in [0.4, 0.5) is 11.4 Å². The predicted octanol–water partition coefficient (Wildman–Crippen LogP) is 3.53. The molecule has 0 aliphatic rings. The molecular weight excluding hydrogens is 276 g/mol. The molecule has 4 N–H and O–H groups in total. The number of fused-ring (bicyclic) bond motifs is 1. The minimum atomic E-state index is -0.501. The van der Waals surface area contributed by atoms with Gasteiger partial charge in [-0.1, -0.05) is 36.4 Å². The summed E-state index contributed by atoms with van der Waals surface area (Å²) in [6.07, 6.45) is 0. The van der Waals surface area contributed by atoms with Crippen molar-refractivity contribution < 1.29 is 9.53 Å². The number of carbonyl (C=O) groups is 1. The standard InChI is InChI=1S/C18H16N2O2/c1-11-13-7-3-2-6-12(13)10-15(20)17(11)18(21)22-16-9-5-4-8-14(16)19/h2-10H,19-20H2,1H3. The summed E-state index contributed by atoms with van der Waals surface area (Å²) in [4.78, 5) is 12.5. The highest BCUT2D eigenvalue weighted by Crippen LogP contribution is 2.29. The second kappa shape index (κ2) is 5.41. The average molecular weight is 292 g/mol. The van der Waals surface area contributed by atoms with Crippen molar-refractivity contribution >= 4 is 28.1 Å². The first kappa shape index (κ1) is 13.9. The molecule has 0 saturated heterocycles. The van der Waals surface area contributed by atoms with Crippen LogP contribution in [0.25, 0.3) is 10.8 Å². The number of esters is 1. The summed E-state index contributed by atoms with van der Waals surface area (Å²) >= 11 is 0. The van der Waals surface area contributed by atoms with E-state index in [9.17, 15) is 4.79 Å². The number of ether oxygens (including phenoxy) is 1. The molecule has 0 saturated carbocycles. The lowest BCUT2D eigenvalue weighted by Crippen LogP contribution is -2.14. The Kier molecular flexibility index (Phi) is 3.43. The van der Waals surface area contributed by atoms with Gasteiger partial charge in [-0.25, -0.2) is 4.79 Å². The van der Waals surface area contributed by atoms with Crippen molar-refractivity contribution in [1.82, 2.24) is 0 Å². The van der Waals surface area contributed by atoms with Gasteiger partial charge in [-0.05, 0) is 41.5 Å². The highest BCUT2D eigenvalue weighted by atomic mass is 16.5. The van der Waals surface area contributed by atoms with Crippen LogP contribution in [0.15, 0.2) is 54.6 Å². The fraction of sp³-hybridized carbons (Fsp3) is 0.0556. The molecule has 3 aromatic carbocycles. The second-order valence-corrected chi connectivity index (χ2v) is 5.11. The van der Waals surface area contributed by atoms with Crippen molar-refractivity contribution in [3.05, 3.63) is 65.7 Å². The fourth-order valence-electron chi connectivity index (χ4n) is 2.55. The Balaban J connectivity index is 2.06. The third-order valence-corrected chi connectivity index (χ3v) is 3.67. The van der Waals surface area contributed by atoms with E-state index in [0.717, 1.165) is 16.3 Å². The molecule has 0 amide bonds. The second-order valence-electron chi connectivity index (χ2n) is 5.11. The first-order chi connectivity index (χ1) is 10.6. The van der Waals surface area contributed by atoms with Crippen molar-refractivity contribution in [2.24, 2.45) is 0 Å². The van der Waals surface area contributed by atoms with Gasteiger partial charge in [-0.2, -0.15) is 0 Å². The van der Waals surface area contributed by atoms with Gasteiger partial charge in [0, 0.05) is 5.69 Å². The van der Waals surface area contributed by atoms with E-state index < -0.39 is 5.97 Å². The van der Waals surface area contributed by atoms with Crippen LogP contribution in [0.1, 0.15) is 15.9 Å². The van der Waals surface area contributed by atoms with E-state index in [1.165, 1.54) is 0 Å². The van der Waals surface area contributed by atoms with Gasteiger partial charge in [0.2, 0.25) is 0 Å². The van der Waals surface area contributed by atoms with Crippen molar-refractivity contribution in [1.29, 1.82) is 0 Å². The molecule has 0 aromatic heterocycles. The molecule has 0 fully saturated rings. The van der Waals surface area contributed by atoms with E-state index in [1.807, 2.05) is 31.2 Å². The number of para-hydroxylation sites is 2. The number of carbonyl (C=O) groups excluding carboxylic acids is 1. The SMILES string of the molecule is Cc1c(C(=O)Oc2ccccc2N)c(N)cc2ccccc12. The van der Waals surface area contributed by atoms with E-state index in [-0.39, 0.29) is 0 Å². The molecule has 0 spiro atoms. The van der Waals surface area contributed by atoms with Crippen LogP contribution < -0.4 is 16.2 Å². The Bertz CT molecular complexity index is 872. The molecule has 3 rings (SSSR count). The van der Waals surface area contributed by atoms with Gasteiger partial charge in [0.05, 0.1) is 11.3 Å². The minimum Gasteiger partial charge on any atom is -0.421 e. The summed E-state index contributed by atoms with van der Waals surface area (Å²) in [5, 5.41) is 1.97. The Hall–Kier alpha value is -3.01. The topological polar surface area (TPSA) is 78.3 Å². The fourth-order valence-corrected chi connectivity index (χ4v) is 2.55. The lowest BCUT2D eigenvalue weighted by Gasteiger charge is -2.13. The summed E-state index contributed by atoms with van der Waals surface area (Å²) in [7, 11) is 0.